The van der Waals surface area contributed by atoms with Gasteiger partial charge >= 0.3 is 5.97 Å². The largest absolute Gasteiger partial charge is 0.491 e. The van der Waals surface area contributed by atoms with Crippen LogP contribution >= 0.6 is 23.2 Å². The number of hydrogen-bond donors (Lipinski definition) is 1. The summed E-state index contributed by atoms with van der Waals surface area (Å²) in [6.45, 7) is 2.70. The molecule has 0 saturated carbocycles. The standard InChI is InChI=1S/C18H22Cl2O4/c1-2-3-4-7-23-18-12(8-13(19)9-16(18)20)5-6-15-10-14(21)11-17(22)24-15/h5-6,8-9,14-15,21H,2-4,7,10-11H2,1H3/b6-5+/t14-,15-/m1/s1. The molecule has 1 N–H and O–H groups in total. The molecule has 1 aliphatic heterocycles. The van der Waals surface area contributed by atoms with Gasteiger partial charge in [-0.3, -0.25) is 4.79 Å². The van der Waals surface area contributed by atoms with E-state index in [9.17, 15) is 9.90 Å². The predicted molar refractivity (Wildman–Crippen MR) is 95.6 cm³/mol. The SMILES string of the molecule is CCCCCOc1c(Cl)cc(Cl)cc1/C=C/[C@@H]1C[C@@H](O)CC(=O)O1. The van der Waals surface area contributed by atoms with Crippen molar-refractivity contribution in [3.8, 4) is 5.75 Å². The molecule has 132 valence electrons. The molecule has 0 radical (unpaired) electrons. The molecule has 24 heavy (non-hydrogen) atoms. The number of aliphatic hydroxyl groups is 1. The Hall–Kier alpha value is -1.23. The van der Waals surface area contributed by atoms with Crippen LogP contribution in [-0.4, -0.2) is 29.9 Å². The summed E-state index contributed by atoms with van der Waals surface area (Å²) in [4.78, 5) is 11.4. The third-order valence-electron chi connectivity index (χ3n) is 3.71. The van der Waals surface area contributed by atoms with E-state index in [2.05, 4.69) is 6.92 Å². The number of aliphatic hydroxyl groups excluding tert-OH is 1. The van der Waals surface area contributed by atoms with Crippen LogP contribution in [0.5, 0.6) is 5.75 Å². The van der Waals surface area contributed by atoms with E-state index in [0.29, 0.717) is 28.8 Å². The van der Waals surface area contributed by atoms with Crippen LogP contribution in [0, 0.1) is 0 Å². The lowest BCUT2D eigenvalue weighted by Crippen LogP contribution is -2.31. The Morgan fingerprint density at radius 1 is 1.38 bits per heavy atom. The Kier molecular flexibility index (Phi) is 7.40. The molecule has 2 rings (SSSR count). The van der Waals surface area contributed by atoms with Crippen molar-refractivity contribution in [2.75, 3.05) is 6.61 Å². The highest BCUT2D eigenvalue weighted by atomic mass is 35.5. The van der Waals surface area contributed by atoms with Gasteiger partial charge in [-0.1, -0.05) is 49.0 Å². The topological polar surface area (TPSA) is 55.8 Å². The fraction of sp³-hybridized carbons (Fsp3) is 0.500. The average Bonchev–Trinajstić information content (AvgIpc) is 2.50. The minimum absolute atomic E-state index is 0.0408. The maximum atomic E-state index is 11.4. The molecule has 4 nitrogen and oxygen atoms in total. The minimum atomic E-state index is -0.673. The molecule has 2 atom stereocenters. The van der Waals surface area contributed by atoms with Gasteiger partial charge < -0.3 is 14.6 Å². The van der Waals surface area contributed by atoms with Crippen LogP contribution in [0.15, 0.2) is 18.2 Å². The molecule has 6 heteroatoms. The minimum Gasteiger partial charge on any atom is -0.491 e. The van der Waals surface area contributed by atoms with Crippen molar-refractivity contribution in [1.82, 2.24) is 0 Å². The second-order valence-corrected chi connectivity index (χ2v) is 6.69. The first-order valence-corrected chi connectivity index (χ1v) is 8.92. The predicted octanol–water partition coefficient (Wildman–Crippen LogP) is 4.64. The lowest BCUT2D eigenvalue weighted by atomic mass is 10.0. The van der Waals surface area contributed by atoms with Crippen LogP contribution in [0.4, 0.5) is 0 Å². The lowest BCUT2D eigenvalue weighted by molar-refractivity contribution is -0.156. The van der Waals surface area contributed by atoms with E-state index in [1.807, 2.05) is 0 Å². The molecule has 0 aromatic heterocycles. The highest BCUT2D eigenvalue weighted by Crippen LogP contribution is 2.34. The fourth-order valence-corrected chi connectivity index (χ4v) is 3.08. The average molecular weight is 373 g/mol. The van der Waals surface area contributed by atoms with E-state index < -0.39 is 18.2 Å². The van der Waals surface area contributed by atoms with Gasteiger partial charge in [-0.15, -0.1) is 0 Å². The Labute approximate surface area is 152 Å². The number of esters is 1. The zero-order chi connectivity index (χ0) is 17.5. The smallest absolute Gasteiger partial charge is 0.309 e. The Morgan fingerprint density at radius 3 is 2.88 bits per heavy atom. The van der Waals surface area contributed by atoms with Crippen molar-refractivity contribution in [3.05, 3.63) is 33.8 Å². The Morgan fingerprint density at radius 2 is 2.17 bits per heavy atom. The summed E-state index contributed by atoms with van der Waals surface area (Å²) in [7, 11) is 0. The van der Waals surface area contributed by atoms with E-state index in [0.717, 1.165) is 24.8 Å². The third-order valence-corrected chi connectivity index (χ3v) is 4.21. The number of carbonyl (C=O) groups excluding carboxylic acids is 1. The number of benzene rings is 1. The van der Waals surface area contributed by atoms with E-state index >= 15 is 0 Å². The summed E-state index contributed by atoms with van der Waals surface area (Å²) >= 11 is 12.3. The van der Waals surface area contributed by atoms with Gasteiger partial charge in [0.05, 0.1) is 24.2 Å². The van der Waals surface area contributed by atoms with Crippen LogP contribution < -0.4 is 4.74 Å². The van der Waals surface area contributed by atoms with Gasteiger partial charge in [0.15, 0.2) is 0 Å². The summed E-state index contributed by atoms with van der Waals surface area (Å²) in [6, 6.07) is 3.39. The van der Waals surface area contributed by atoms with Gasteiger partial charge in [0.2, 0.25) is 0 Å². The van der Waals surface area contributed by atoms with Crippen molar-refractivity contribution in [2.24, 2.45) is 0 Å². The third kappa shape index (κ3) is 5.69. The molecule has 1 aromatic rings. The molecule has 0 aliphatic carbocycles. The van der Waals surface area contributed by atoms with Crippen LogP contribution in [-0.2, 0) is 9.53 Å². The highest BCUT2D eigenvalue weighted by Gasteiger charge is 2.25. The van der Waals surface area contributed by atoms with E-state index in [1.54, 1.807) is 24.3 Å². The van der Waals surface area contributed by atoms with Crippen molar-refractivity contribution >= 4 is 35.2 Å². The summed E-state index contributed by atoms with van der Waals surface area (Å²) in [5.41, 5.74) is 0.722. The normalized spacial score (nSPS) is 21.1. The maximum absolute atomic E-state index is 11.4. The molecule has 0 bridgehead atoms. The van der Waals surface area contributed by atoms with Crippen molar-refractivity contribution in [2.45, 2.75) is 51.2 Å². The zero-order valence-corrected chi connectivity index (χ0v) is 15.1. The monoisotopic (exact) mass is 372 g/mol. The summed E-state index contributed by atoms with van der Waals surface area (Å²) in [5.74, 6) is 0.166. The molecular weight excluding hydrogens is 351 g/mol. The summed E-state index contributed by atoms with van der Waals surface area (Å²) < 4.78 is 11.0. The molecule has 0 unspecified atom stereocenters. The van der Waals surface area contributed by atoms with Crippen LogP contribution in [0.2, 0.25) is 10.0 Å². The van der Waals surface area contributed by atoms with Crippen LogP contribution in [0.3, 0.4) is 0 Å². The number of rotatable bonds is 7. The van der Waals surface area contributed by atoms with E-state index in [4.69, 9.17) is 32.7 Å². The molecule has 1 fully saturated rings. The van der Waals surface area contributed by atoms with Gasteiger partial charge in [0, 0.05) is 17.0 Å². The molecule has 0 amide bonds. The molecule has 0 spiro atoms. The first-order chi connectivity index (χ1) is 11.5. The molecule has 1 saturated heterocycles. The zero-order valence-electron chi connectivity index (χ0n) is 13.6. The molecular formula is C18H22Cl2O4. The van der Waals surface area contributed by atoms with Gasteiger partial charge in [-0.2, -0.15) is 0 Å². The van der Waals surface area contributed by atoms with E-state index in [-0.39, 0.29) is 6.42 Å². The molecule has 1 aromatic carbocycles. The quantitative estimate of drug-likeness (QED) is 0.559. The van der Waals surface area contributed by atoms with Gasteiger partial charge in [-0.05, 0) is 24.6 Å². The van der Waals surface area contributed by atoms with Gasteiger partial charge in [0.25, 0.3) is 0 Å². The first-order valence-electron chi connectivity index (χ1n) is 8.17. The van der Waals surface area contributed by atoms with Crippen molar-refractivity contribution < 1.29 is 19.4 Å². The molecule has 1 aliphatic rings. The number of hydrogen-bond acceptors (Lipinski definition) is 4. The fourth-order valence-electron chi connectivity index (χ4n) is 2.52. The first kappa shape index (κ1) is 19.1. The number of halogens is 2. The van der Waals surface area contributed by atoms with Gasteiger partial charge in [0.1, 0.15) is 11.9 Å². The second-order valence-electron chi connectivity index (χ2n) is 5.84. The Balaban J connectivity index is 2.12. The van der Waals surface area contributed by atoms with Crippen LogP contribution in [0.25, 0.3) is 6.08 Å². The number of unbranched alkanes of at least 4 members (excludes halogenated alkanes) is 2. The lowest BCUT2D eigenvalue weighted by Gasteiger charge is -2.23. The summed E-state index contributed by atoms with van der Waals surface area (Å²) in [5, 5.41) is 10.6. The van der Waals surface area contributed by atoms with Gasteiger partial charge in [-0.25, -0.2) is 0 Å². The van der Waals surface area contributed by atoms with Crippen molar-refractivity contribution in [1.29, 1.82) is 0 Å². The Bertz CT molecular complexity index is 601. The molecule has 1 heterocycles. The summed E-state index contributed by atoms with van der Waals surface area (Å²) in [6.07, 6.45) is 5.92. The van der Waals surface area contributed by atoms with Crippen molar-refractivity contribution in [3.63, 3.8) is 0 Å². The van der Waals surface area contributed by atoms with E-state index in [1.165, 1.54) is 0 Å². The van der Waals surface area contributed by atoms with Crippen LogP contribution in [0.1, 0.15) is 44.6 Å². The number of carbonyl (C=O) groups is 1. The second kappa shape index (κ2) is 9.30. The number of ether oxygens (including phenoxy) is 2. The number of cyclic esters (lactones) is 1. The maximum Gasteiger partial charge on any atom is 0.309 e. The highest BCUT2D eigenvalue weighted by molar-refractivity contribution is 6.35.